The molecular formula is C18H27ClN4O3. The number of halogens is 1. The van der Waals surface area contributed by atoms with Gasteiger partial charge in [0.05, 0.1) is 5.69 Å². The molecule has 0 bridgehead atoms. The summed E-state index contributed by atoms with van der Waals surface area (Å²) in [6.07, 6.45) is 5.34. The number of unbranched alkanes of at least 4 members (excludes halogenated alkanes) is 1. The molecule has 2 rings (SSSR count). The van der Waals surface area contributed by atoms with Crippen molar-refractivity contribution in [2.75, 3.05) is 39.9 Å². The highest BCUT2D eigenvalue weighted by Crippen LogP contribution is 2.22. The number of methoxy groups -OCH3 is 1. The van der Waals surface area contributed by atoms with Crippen molar-refractivity contribution in [3.63, 3.8) is 0 Å². The quantitative estimate of drug-likeness (QED) is 0.676. The minimum absolute atomic E-state index is 0.0444. The van der Waals surface area contributed by atoms with Crippen molar-refractivity contribution in [2.24, 2.45) is 0 Å². The molecule has 0 atom stereocenters. The van der Waals surface area contributed by atoms with Crippen LogP contribution in [0, 0.1) is 6.92 Å². The molecule has 1 aromatic rings. The third-order valence-electron chi connectivity index (χ3n) is 4.44. The second-order valence-electron chi connectivity index (χ2n) is 6.34. The molecule has 0 radical (unpaired) electrons. The van der Waals surface area contributed by atoms with Crippen LogP contribution in [0.25, 0.3) is 6.08 Å². The van der Waals surface area contributed by atoms with Gasteiger partial charge in [-0.1, -0.05) is 24.9 Å². The molecule has 0 spiro atoms. The number of aromatic nitrogens is 2. The number of carbonyl (C=O) groups is 2. The molecule has 0 saturated carbocycles. The number of ether oxygens (including phenoxy) is 1. The van der Waals surface area contributed by atoms with Crippen LogP contribution in [0.3, 0.4) is 0 Å². The van der Waals surface area contributed by atoms with Gasteiger partial charge in [-0.3, -0.25) is 14.3 Å². The lowest BCUT2D eigenvalue weighted by Gasteiger charge is -2.34. The predicted molar refractivity (Wildman–Crippen MR) is 101 cm³/mol. The molecule has 2 amide bonds. The van der Waals surface area contributed by atoms with E-state index in [2.05, 4.69) is 12.0 Å². The Kier molecular flexibility index (Phi) is 7.66. The first-order valence-electron chi connectivity index (χ1n) is 8.94. The average molecular weight is 383 g/mol. The molecule has 0 N–H and O–H groups in total. The third-order valence-corrected chi connectivity index (χ3v) is 4.84. The van der Waals surface area contributed by atoms with Crippen LogP contribution in [0.5, 0.6) is 0 Å². The smallest absolute Gasteiger partial charge is 0.248 e. The van der Waals surface area contributed by atoms with Crippen LogP contribution in [-0.2, 0) is 20.9 Å². The lowest BCUT2D eigenvalue weighted by Crippen LogP contribution is -2.51. The van der Waals surface area contributed by atoms with Gasteiger partial charge in [-0.25, -0.2) is 0 Å². The van der Waals surface area contributed by atoms with Crippen molar-refractivity contribution in [3.05, 3.63) is 22.5 Å². The lowest BCUT2D eigenvalue weighted by molar-refractivity contribution is -0.140. The highest BCUT2D eigenvalue weighted by Gasteiger charge is 2.23. The first kappa shape index (κ1) is 20.5. The molecule has 0 aliphatic carbocycles. The van der Waals surface area contributed by atoms with E-state index in [1.54, 1.807) is 20.6 Å². The molecule has 2 heterocycles. The van der Waals surface area contributed by atoms with Gasteiger partial charge in [0.25, 0.3) is 0 Å². The van der Waals surface area contributed by atoms with Gasteiger partial charge in [0.2, 0.25) is 11.8 Å². The van der Waals surface area contributed by atoms with Gasteiger partial charge in [0.1, 0.15) is 11.8 Å². The summed E-state index contributed by atoms with van der Waals surface area (Å²) < 4.78 is 6.65. The Morgan fingerprint density at radius 1 is 1.23 bits per heavy atom. The van der Waals surface area contributed by atoms with E-state index in [9.17, 15) is 9.59 Å². The topological polar surface area (TPSA) is 67.7 Å². The third kappa shape index (κ3) is 5.08. The maximum atomic E-state index is 12.4. The van der Waals surface area contributed by atoms with E-state index in [-0.39, 0.29) is 18.4 Å². The number of hydrogen-bond acceptors (Lipinski definition) is 4. The zero-order chi connectivity index (χ0) is 19.1. The Bertz CT molecular complexity index is 664. The zero-order valence-corrected chi connectivity index (χ0v) is 16.5. The predicted octanol–water partition coefficient (Wildman–Crippen LogP) is 1.98. The monoisotopic (exact) mass is 382 g/mol. The normalized spacial score (nSPS) is 15.1. The Labute approximate surface area is 159 Å². The van der Waals surface area contributed by atoms with Gasteiger partial charge >= 0.3 is 0 Å². The fourth-order valence-electron chi connectivity index (χ4n) is 2.86. The van der Waals surface area contributed by atoms with Gasteiger partial charge < -0.3 is 14.5 Å². The summed E-state index contributed by atoms with van der Waals surface area (Å²) in [5.41, 5.74) is 1.59. The molecular weight excluding hydrogens is 356 g/mol. The fourth-order valence-corrected chi connectivity index (χ4v) is 3.19. The van der Waals surface area contributed by atoms with Crippen LogP contribution in [0.1, 0.15) is 31.0 Å². The highest BCUT2D eigenvalue weighted by molar-refractivity contribution is 6.31. The van der Waals surface area contributed by atoms with Gasteiger partial charge in [0, 0.05) is 51.5 Å². The maximum absolute atomic E-state index is 12.4. The number of hydrogen-bond donors (Lipinski definition) is 0. The van der Waals surface area contributed by atoms with Crippen LogP contribution < -0.4 is 0 Å². The maximum Gasteiger partial charge on any atom is 0.248 e. The van der Waals surface area contributed by atoms with Crippen molar-refractivity contribution < 1.29 is 14.3 Å². The molecule has 8 heteroatoms. The lowest BCUT2D eigenvalue weighted by atomic mass is 10.2. The van der Waals surface area contributed by atoms with Crippen LogP contribution in [0.4, 0.5) is 0 Å². The first-order chi connectivity index (χ1) is 12.5. The van der Waals surface area contributed by atoms with E-state index in [1.807, 2.05) is 6.92 Å². The van der Waals surface area contributed by atoms with Crippen molar-refractivity contribution in [3.8, 4) is 0 Å². The van der Waals surface area contributed by atoms with Crippen molar-refractivity contribution in [1.82, 2.24) is 19.6 Å². The van der Waals surface area contributed by atoms with E-state index < -0.39 is 0 Å². The van der Waals surface area contributed by atoms with E-state index in [4.69, 9.17) is 16.3 Å². The van der Waals surface area contributed by atoms with Crippen LogP contribution in [0.15, 0.2) is 6.08 Å². The molecule has 1 aromatic heterocycles. The molecule has 144 valence electrons. The first-order valence-corrected chi connectivity index (χ1v) is 9.32. The van der Waals surface area contributed by atoms with Crippen molar-refractivity contribution in [2.45, 2.75) is 33.2 Å². The highest BCUT2D eigenvalue weighted by atomic mass is 35.5. The second kappa shape index (κ2) is 9.73. The summed E-state index contributed by atoms with van der Waals surface area (Å²) in [4.78, 5) is 27.7. The van der Waals surface area contributed by atoms with Gasteiger partial charge in [-0.2, -0.15) is 5.10 Å². The molecule has 7 nitrogen and oxygen atoms in total. The standard InChI is InChI=1S/C18H27ClN4O3/c1-4-5-8-23-18(19)15(14(2)20-23)6-7-16(24)21-9-11-22(12-10-21)17(25)13-26-3/h6-7H,4-5,8-13H2,1-3H3. The number of aryl methyl sites for hydroxylation is 2. The number of amides is 2. The summed E-state index contributed by atoms with van der Waals surface area (Å²) in [6, 6.07) is 0. The SMILES string of the molecule is CCCCn1nc(C)c(C=CC(=O)N2CCN(C(=O)COC)CC2)c1Cl. The van der Waals surface area contributed by atoms with Crippen molar-refractivity contribution in [1.29, 1.82) is 0 Å². The average Bonchev–Trinajstić information content (AvgIpc) is 2.91. The fraction of sp³-hybridized carbons (Fsp3) is 0.611. The van der Waals surface area contributed by atoms with Gasteiger partial charge in [0.15, 0.2) is 0 Å². The molecule has 1 aliphatic heterocycles. The minimum Gasteiger partial charge on any atom is -0.375 e. The van der Waals surface area contributed by atoms with E-state index in [0.717, 1.165) is 30.6 Å². The molecule has 1 aliphatic rings. The summed E-state index contributed by atoms with van der Waals surface area (Å²) in [5, 5.41) is 5.00. The number of rotatable bonds is 7. The Balaban J connectivity index is 1.94. The summed E-state index contributed by atoms with van der Waals surface area (Å²) >= 11 is 6.39. The number of piperazine rings is 1. The van der Waals surface area contributed by atoms with Crippen LogP contribution in [-0.4, -0.2) is 71.3 Å². The molecule has 0 unspecified atom stereocenters. The largest absolute Gasteiger partial charge is 0.375 e. The Morgan fingerprint density at radius 2 is 1.88 bits per heavy atom. The van der Waals surface area contributed by atoms with E-state index in [0.29, 0.717) is 31.3 Å². The molecule has 26 heavy (non-hydrogen) atoms. The minimum atomic E-state index is -0.0828. The Morgan fingerprint density at radius 3 is 2.50 bits per heavy atom. The second-order valence-corrected chi connectivity index (χ2v) is 6.70. The summed E-state index contributed by atoms with van der Waals surface area (Å²) in [6.45, 7) is 6.93. The van der Waals surface area contributed by atoms with Crippen LogP contribution >= 0.6 is 11.6 Å². The number of nitrogens with zero attached hydrogens (tertiary/aromatic N) is 4. The molecule has 1 fully saturated rings. The Hall–Kier alpha value is -1.86. The van der Waals surface area contributed by atoms with E-state index >= 15 is 0 Å². The van der Waals surface area contributed by atoms with Crippen molar-refractivity contribution >= 4 is 29.5 Å². The van der Waals surface area contributed by atoms with Gasteiger partial charge in [-0.15, -0.1) is 0 Å². The molecule has 0 aromatic carbocycles. The van der Waals surface area contributed by atoms with E-state index in [1.165, 1.54) is 13.2 Å². The number of carbonyl (C=O) groups excluding carboxylic acids is 2. The van der Waals surface area contributed by atoms with Crippen LogP contribution in [0.2, 0.25) is 5.15 Å². The summed E-state index contributed by atoms with van der Waals surface area (Å²) in [7, 11) is 1.50. The summed E-state index contributed by atoms with van der Waals surface area (Å²) in [5.74, 6) is -0.127. The molecule has 1 saturated heterocycles. The van der Waals surface area contributed by atoms with Gasteiger partial charge in [-0.05, 0) is 19.4 Å². The zero-order valence-electron chi connectivity index (χ0n) is 15.7.